The normalized spacial score (nSPS) is 17.6. The van der Waals surface area contributed by atoms with Gasteiger partial charge in [0.25, 0.3) is 0 Å². The van der Waals surface area contributed by atoms with Crippen LogP contribution in [-0.2, 0) is 9.53 Å². The van der Waals surface area contributed by atoms with Gasteiger partial charge in [0.05, 0.1) is 0 Å². The smallest absolute Gasteiger partial charge is 0.323 e. The molecule has 116 valence electrons. The van der Waals surface area contributed by atoms with E-state index in [2.05, 4.69) is 0 Å². The van der Waals surface area contributed by atoms with Gasteiger partial charge in [0.2, 0.25) is 0 Å². The minimum atomic E-state index is -0.974. The van der Waals surface area contributed by atoms with Crippen LogP contribution in [0.4, 0.5) is 4.79 Å². The highest BCUT2D eigenvalue weighted by Crippen LogP contribution is 2.17. The highest BCUT2D eigenvalue weighted by Gasteiger charge is 2.26. The number of urea groups is 1. The van der Waals surface area contributed by atoms with E-state index in [0.29, 0.717) is 12.5 Å². The largest absolute Gasteiger partial charge is 0.480 e. The van der Waals surface area contributed by atoms with Crippen molar-refractivity contribution in [3.63, 3.8) is 0 Å². The molecule has 2 amide bonds. The summed E-state index contributed by atoms with van der Waals surface area (Å²) in [5.41, 5.74) is 0. The number of amides is 2. The van der Waals surface area contributed by atoms with Crippen molar-refractivity contribution >= 4 is 12.0 Å². The van der Waals surface area contributed by atoms with Gasteiger partial charge >= 0.3 is 12.0 Å². The number of hydrogen-bond donors (Lipinski definition) is 1. The van der Waals surface area contributed by atoms with Gasteiger partial charge in [0.1, 0.15) is 6.54 Å². The minimum absolute atomic E-state index is 0.0734. The van der Waals surface area contributed by atoms with E-state index in [9.17, 15) is 9.59 Å². The van der Waals surface area contributed by atoms with Crippen molar-refractivity contribution in [2.75, 3.05) is 33.4 Å². The Hall–Kier alpha value is -1.30. The van der Waals surface area contributed by atoms with E-state index in [4.69, 9.17) is 9.84 Å². The third-order valence-electron chi connectivity index (χ3n) is 3.87. The standard InChI is InChI=1S/C14H26N2O4/c1-4-11(2)16(10-13(17)18)14(19)15(3)9-12-5-7-20-8-6-12/h11-12H,4-10H2,1-3H3,(H,17,18). The van der Waals surface area contributed by atoms with Crippen molar-refractivity contribution in [3.8, 4) is 0 Å². The molecule has 1 aliphatic rings. The first kappa shape index (κ1) is 16.8. The predicted octanol–water partition coefficient (Wildman–Crippen LogP) is 1.65. The summed E-state index contributed by atoms with van der Waals surface area (Å²) in [5.74, 6) is -0.528. The maximum atomic E-state index is 12.4. The lowest BCUT2D eigenvalue weighted by molar-refractivity contribution is -0.138. The summed E-state index contributed by atoms with van der Waals surface area (Å²) in [7, 11) is 1.75. The van der Waals surface area contributed by atoms with Crippen LogP contribution < -0.4 is 0 Å². The summed E-state index contributed by atoms with van der Waals surface area (Å²) in [4.78, 5) is 26.4. The number of carbonyl (C=O) groups is 2. The molecule has 0 aromatic carbocycles. The van der Waals surface area contributed by atoms with Crippen LogP contribution in [0.5, 0.6) is 0 Å². The molecule has 1 N–H and O–H groups in total. The number of ether oxygens (including phenoxy) is 1. The third-order valence-corrected chi connectivity index (χ3v) is 3.87. The zero-order valence-electron chi connectivity index (χ0n) is 12.7. The molecule has 6 heteroatoms. The Bertz CT molecular complexity index is 329. The molecule has 0 radical (unpaired) electrons. The third kappa shape index (κ3) is 5.00. The highest BCUT2D eigenvalue weighted by molar-refractivity contribution is 5.80. The molecule has 1 aliphatic heterocycles. The number of carboxylic acid groups (broad SMARTS) is 1. The van der Waals surface area contributed by atoms with Crippen LogP contribution in [0.25, 0.3) is 0 Å². The molecular formula is C14H26N2O4. The van der Waals surface area contributed by atoms with Gasteiger partial charge in [-0.05, 0) is 32.1 Å². The Morgan fingerprint density at radius 2 is 1.95 bits per heavy atom. The van der Waals surface area contributed by atoms with E-state index in [1.807, 2.05) is 13.8 Å². The zero-order valence-corrected chi connectivity index (χ0v) is 12.7. The second kappa shape index (κ2) is 8.09. The lowest BCUT2D eigenvalue weighted by atomic mass is 10.00. The predicted molar refractivity (Wildman–Crippen MR) is 75.7 cm³/mol. The summed E-state index contributed by atoms with van der Waals surface area (Å²) < 4.78 is 5.31. The van der Waals surface area contributed by atoms with Gasteiger partial charge in [0, 0.05) is 32.8 Å². The van der Waals surface area contributed by atoms with E-state index in [1.165, 1.54) is 4.90 Å². The topological polar surface area (TPSA) is 70.1 Å². The van der Waals surface area contributed by atoms with E-state index in [1.54, 1.807) is 11.9 Å². The summed E-state index contributed by atoms with van der Waals surface area (Å²) in [6.07, 6.45) is 2.66. The molecule has 0 aromatic heterocycles. The molecule has 0 saturated carbocycles. The Kier molecular flexibility index (Phi) is 6.78. The fourth-order valence-corrected chi connectivity index (χ4v) is 2.39. The molecule has 1 atom stereocenters. The summed E-state index contributed by atoms with van der Waals surface area (Å²) in [5, 5.41) is 8.95. The average Bonchev–Trinajstić information content (AvgIpc) is 2.44. The molecule has 1 rings (SSSR count). The molecule has 1 fully saturated rings. The zero-order chi connectivity index (χ0) is 15.1. The van der Waals surface area contributed by atoms with Crippen molar-refractivity contribution in [1.29, 1.82) is 0 Å². The van der Waals surface area contributed by atoms with Crippen molar-refractivity contribution in [2.24, 2.45) is 5.92 Å². The maximum absolute atomic E-state index is 12.4. The summed E-state index contributed by atoms with van der Waals surface area (Å²) >= 11 is 0. The van der Waals surface area contributed by atoms with Crippen LogP contribution in [-0.4, -0.2) is 66.3 Å². The first-order chi connectivity index (χ1) is 9.45. The van der Waals surface area contributed by atoms with Crippen LogP contribution >= 0.6 is 0 Å². The first-order valence-electron chi connectivity index (χ1n) is 7.27. The number of carbonyl (C=O) groups excluding carboxylic acids is 1. The Balaban J connectivity index is 2.59. The Labute approximate surface area is 120 Å². The molecule has 20 heavy (non-hydrogen) atoms. The van der Waals surface area contributed by atoms with E-state index in [0.717, 1.165) is 32.5 Å². The van der Waals surface area contributed by atoms with Crippen LogP contribution in [0.3, 0.4) is 0 Å². The average molecular weight is 286 g/mol. The van der Waals surface area contributed by atoms with Crippen molar-refractivity contribution in [1.82, 2.24) is 9.80 Å². The van der Waals surface area contributed by atoms with Gasteiger partial charge in [-0.15, -0.1) is 0 Å². The number of nitrogens with zero attached hydrogens (tertiary/aromatic N) is 2. The molecule has 6 nitrogen and oxygen atoms in total. The second-order valence-corrected chi connectivity index (χ2v) is 5.50. The number of carboxylic acids is 1. The van der Waals surface area contributed by atoms with Gasteiger partial charge in [-0.3, -0.25) is 4.79 Å². The molecule has 0 spiro atoms. The van der Waals surface area contributed by atoms with Gasteiger partial charge in [-0.1, -0.05) is 6.92 Å². The molecule has 0 aromatic rings. The van der Waals surface area contributed by atoms with Gasteiger partial charge < -0.3 is 19.6 Å². The van der Waals surface area contributed by atoms with Gasteiger partial charge in [-0.2, -0.15) is 0 Å². The molecule has 1 unspecified atom stereocenters. The van der Waals surface area contributed by atoms with Crippen molar-refractivity contribution in [3.05, 3.63) is 0 Å². The van der Waals surface area contributed by atoms with Crippen molar-refractivity contribution < 1.29 is 19.4 Å². The lowest BCUT2D eigenvalue weighted by Gasteiger charge is -2.33. The molecule has 1 saturated heterocycles. The Morgan fingerprint density at radius 1 is 1.35 bits per heavy atom. The molecule has 0 aliphatic carbocycles. The number of aliphatic carboxylic acids is 1. The van der Waals surface area contributed by atoms with Crippen LogP contribution in [0.2, 0.25) is 0 Å². The quantitative estimate of drug-likeness (QED) is 0.806. The summed E-state index contributed by atoms with van der Waals surface area (Å²) in [6, 6.07) is -0.274. The van der Waals surface area contributed by atoms with Gasteiger partial charge in [-0.25, -0.2) is 4.79 Å². The van der Waals surface area contributed by atoms with E-state index < -0.39 is 5.97 Å². The van der Waals surface area contributed by atoms with Gasteiger partial charge in [0.15, 0.2) is 0 Å². The Morgan fingerprint density at radius 3 is 2.45 bits per heavy atom. The maximum Gasteiger partial charge on any atom is 0.323 e. The van der Waals surface area contributed by atoms with Crippen LogP contribution in [0, 0.1) is 5.92 Å². The number of rotatable bonds is 6. The monoisotopic (exact) mass is 286 g/mol. The minimum Gasteiger partial charge on any atom is -0.480 e. The summed E-state index contributed by atoms with van der Waals surface area (Å²) in [6.45, 7) is 5.74. The van der Waals surface area contributed by atoms with E-state index in [-0.39, 0.29) is 18.6 Å². The fourth-order valence-electron chi connectivity index (χ4n) is 2.39. The lowest BCUT2D eigenvalue weighted by Crippen LogP contribution is -2.49. The number of hydrogen-bond acceptors (Lipinski definition) is 3. The van der Waals surface area contributed by atoms with Crippen LogP contribution in [0.1, 0.15) is 33.1 Å². The van der Waals surface area contributed by atoms with Crippen molar-refractivity contribution in [2.45, 2.75) is 39.2 Å². The molecule has 1 heterocycles. The molecular weight excluding hydrogens is 260 g/mol. The second-order valence-electron chi connectivity index (χ2n) is 5.50. The van der Waals surface area contributed by atoms with Crippen LogP contribution in [0.15, 0.2) is 0 Å². The highest BCUT2D eigenvalue weighted by atomic mass is 16.5. The first-order valence-corrected chi connectivity index (χ1v) is 7.27. The van der Waals surface area contributed by atoms with E-state index >= 15 is 0 Å². The fraction of sp³-hybridized carbons (Fsp3) is 0.857. The molecule has 0 bridgehead atoms. The SMILES string of the molecule is CCC(C)N(CC(=O)O)C(=O)N(C)CC1CCOCC1.